The van der Waals surface area contributed by atoms with E-state index in [4.69, 9.17) is 0 Å². The van der Waals surface area contributed by atoms with Crippen LogP contribution >= 0.6 is 23.5 Å². The fraction of sp³-hybridized carbons (Fsp3) is 0.269. The highest BCUT2D eigenvalue weighted by Crippen LogP contribution is 2.28. The Hall–Kier alpha value is -2.91. The molecular formula is C26H26F2N4OS2. The van der Waals surface area contributed by atoms with Gasteiger partial charge >= 0.3 is 0 Å². The molecule has 2 aromatic carbocycles. The van der Waals surface area contributed by atoms with E-state index in [0.717, 1.165) is 28.2 Å². The zero-order valence-corrected chi connectivity index (χ0v) is 21.5. The fourth-order valence-electron chi connectivity index (χ4n) is 4.10. The van der Waals surface area contributed by atoms with Gasteiger partial charge < -0.3 is 9.88 Å². The van der Waals surface area contributed by atoms with Gasteiger partial charge in [-0.2, -0.15) is 13.9 Å². The Balaban J connectivity index is 1.43. The lowest BCUT2D eigenvalue weighted by Crippen LogP contribution is -2.25. The molecule has 4 rings (SSSR count). The largest absolute Gasteiger partial charge is 0.318 e. The second-order valence-corrected chi connectivity index (χ2v) is 10.7. The smallest absolute Gasteiger partial charge is 0.288 e. The summed E-state index contributed by atoms with van der Waals surface area (Å²) in [5.74, 6) is -2.59. The van der Waals surface area contributed by atoms with E-state index in [1.165, 1.54) is 22.9 Å². The lowest BCUT2D eigenvalue weighted by molar-refractivity contribution is -0.118. The molecule has 1 saturated heterocycles. The minimum absolute atomic E-state index is 0.136. The number of halogens is 2. The molecular weight excluding hydrogens is 486 g/mol. The number of nitrogens with zero attached hydrogens (tertiary/aromatic N) is 3. The summed E-state index contributed by atoms with van der Waals surface area (Å²) < 4.78 is 27.2. The summed E-state index contributed by atoms with van der Waals surface area (Å²) in [4.78, 5) is 12.9. The van der Waals surface area contributed by atoms with Crippen molar-refractivity contribution in [3.63, 3.8) is 0 Å². The Morgan fingerprint density at radius 3 is 2.54 bits per heavy atom. The van der Waals surface area contributed by atoms with Crippen LogP contribution in [0.25, 0.3) is 5.69 Å². The second-order valence-electron chi connectivity index (χ2n) is 8.42. The van der Waals surface area contributed by atoms with E-state index >= 15 is 0 Å². The van der Waals surface area contributed by atoms with Crippen LogP contribution in [0.3, 0.4) is 0 Å². The molecule has 0 saturated carbocycles. The molecule has 3 aromatic rings. The number of carbonyl (C=O) groups excluding carboxylic acids is 1. The predicted molar refractivity (Wildman–Crippen MR) is 141 cm³/mol. The minimum atomic E-state index is -2.45. The van der Waals surface area contributed by atoms with Gasteiger partial charge in [0.25, 0.3) is 5.76 Å². The van der Waals surface area contributed by atoms with Crippen molar-refractivity contribution >= 4 is 40.8 Å². The third-order valence-electron chi connectivity index (χ3n) is 5.75. The number of amidine groups is 1. The molecule has 5 nitrogen and oxygen atoms in total. The molecule has 0 radical (unpaired) electrons. The molecule has 1 aromatic heterocycles. The summed E-state index contributed by atoms with van der Waals surface area (Å²) in [6.45, 7) is 8.30. The standard InChI is InChI=1S/C26H26F2N4OS2/c1-15-5-10-22(16(2)11-15)32-17(3)12-20(18(32)4)14-29-31-26-30-24(33)23(35-26)13-19-6-8-21(9-7-19)34-25(27)28/h5-12,14,23,25H,13H2,1-4H3,(H,30,31,33)/b29-14+. The van der Waals surface area contributed by atoms with E-state index < -0.39 is 5.76 Å². The molecule has 0 aliphatic carbocycles. The molecule has 0 bridgehead atoms. The van der Waals surface area contributed by atoms with Gasteiger partial charge in [-0.3, -0.25) is 4.79 Å². The quantitative estimate of drug-likeness (QED) is 0.233. The number of hydrogen-bond donors (Lipinski definition) is 1. The molecule has 182 valence electrons. The zero-order chi connectivity index (χ0) is 25.1. The summed E-state index contributed by atoms with van der Waals surface area (Å²) in [6.07, 6.45) is 2.19. The highest BCUT2D eigenvalue weighted by atomic mass is 32.2. The van der Waals surface area contributed by atoms with E-state index in [1.807, 2.05) is 6.92 Å². The molecule has 2 heterocycles. The van der Waals surface area contributed by atoms with Crippen LogP contribution in [-0.4, -0.2) is 32.9 Å². The number of hydrogen-bond acceptors (Lipinski definition) is 5. The first-order valence-corrected chi connectivity index (χ1v) is 12.9. The fourth-order valence-corrected chi connectivity index (χ4v) is 5.56. The number of aromatic nitrogens is 1. The molecule has 0 spiro atoms. The Kier molecular flexibility index (Phi) is 7.76. The van der Waals surface area contributed by atoms with Crippen molar-refractivity contribution in [1.29, 1.82) is 0 Å². The maximum atomic E-state index is 12.5. The summed E-state index contributed by atoms with van der Waals surface area (Å²) in [7, 11) is 0. The van der Waals surface area contributed by atoms with Gasteiger partial charge in [0.2, 0.25) is 5.91 Å². The number of alkyl halides is 2. The summed E-state index contributed by atoms with van der Waals surface area (Å²) in [6, 6.07) is 15.3. The van der Waals surface area contributed by atoms with Gasteiger partial charge in [0, 0.05) is 27.5 Å². The molecule has 1 aliphatic heterocycles. The number of benzene rings is 2. The number of nitrogens with one attached hydrogen (secondary N) is 1. The Labute approximate surface area is 212 Å². The second kappa shape index (κ2) is 10.8. The highest BCUT2D eigenvalue weighted by molar-refractivity contribution is 8.15. The van der Waals surface area contributed by atoms with Crippen molar-refractivity contribution in [2.45, 2.75) is 50.0 Å². The lowest BCUT2D eigenvalue weighted by atomic mass is 10.1. The first kappa shape index (κ1) is 25.2. The number of amides is 1. The van der Waals surface area contributed by atoms with Gasteiger partial charge in [0.05, 0.1) is 11.5 Å². The van der Waals surface area contributed by atoms with E-state index in [0.29, 0.717) is 28.2 Å². The Morgan fingerprint density at radius 1 is 1.11 bits per heavy atom. The third kappa shape index (κ3) is 6.02. The van der Waals surface area contributed by atoms with Crippen LogP contribution in [-0.2, 0) is 11.2 Å². The van der Waals surface area contributed by atoms with Gasteiger partial charge in [0.15, 0.2) is 5.17 Å². The maximum Gasteiger partial charge on any atom is 0.288 e. The maximum absolute atomic E-state index is 12.5. The molecule has 1 unspecified atom stereocenters. The molecule has 1 fully saturated rings. The van der Waals surface area contributed by atoms with Crippen LogP contribution in [0, 0.1) is 27.7 Å². The summed E-state index contributed by atoms with van der Waals surface area (Å²) in [5.41, 5.74) is 7.59. The van der Waals surface area contributed by atoms with Crippen molar-refractivity contribution in [3.05, 3.63) is 82.2 Å². The van der Waals surface area contributed by atoms with Gasteiger partial charge in [-0.25, -0.2) is 0 Å². The first-order chi connectivity index (χ1) is 16.7. The van der Waals surface area contributed by atoms with Gasteiger partial charge in [0.1, 0.15) is 0 Å². The van der Waals surface area contributed by atoms with Gasteiger partial charge in [-0.05, 0) is 69.5 Å². The predicted octanol–water partition coefficient (Wildman–Crippen LogP) is 6.19. The van der Waals surface area contributed by atoms with E-state index in [9.17, 15) is 13.6 Å². The summed E-state index contributed by atoms with van der Waals surface area (Å²) >= 11 is 1.83. The van der Waals surface area contributed by atoms with E-state index in [1.54, 1.807) is 30.5 Å². The van der Waals surface area contributed by atoms with Crippen molar-refractivity contribution in [2.75, 3.05) is 0 Å². The molecule has 9 heteroatoms. The van der Waals surface area contributed by atoms with Crippen molar-refractivity contribution in [2.24, 2.45) is 10.2 Å². The van der Waals surface area contributed by atoms with Crippen molar-refractivity contribution < 1.29 is 13.6 Å². The normalized spacial score (nSPS) is 17.2. The van der Waals surface area contributed by atoms with Crippen LogP contribution in [0.5, 0.6) is 0 Å². The number of carbonyl (C=O) groups is 1. The van der Waals surface area contributed by atoms with Crippen molar-refractivity contribution in [3.8, 4) is 5.69 Å². The lowest BCUT2D eigenvalue weighted by Gasteiger charge is -2.13. The van der Waals surface area contributed by atoms with E-state index in [2.05, 4.69) is 65.1 Å². The number of aryl methyl sites for hydroxylation is 3. The first-order valence-electron chi connectivity index (χ1n) is 11.1. The van der Waals surface area contributed by atoms with Gasteiger partial charge in [-0.1, -0.05) is 53.4 Å². The van der Waals surface area contributed by atoms with Gasteiger partial charge in [-0.15, -0.1) is 5.10 Å². The topological polar surface area (TPSA) is 58.8 Å². The SMILES string of the molecule is Cc1ccc(-n2c(C)cc(/C=N/N=C3\NC(=O)C(Cc4ccc(SC(F)F)cc4)S3)c2C)c(C)c1. The molecule has 1 amide bonds. The average molecular weight is 513 g/mol. The Morgan fingerprint density at radius 2 is 1.86 bits per heavy atom. The summed E-state index contributed by atoms with van der Waals surface area (Å²) in [5, 5.41) is 11.3. The zero-order valence-electron chi connectivity index (χ0n) is 19.9. The number of thioether (sulfide) groups is 2. The third-order valence-corrected chi connectivity index (χ3v) is 7.55. The van der Waals surface area contributed by atoms with Crippen LogP contribution < -0.4 is 5.32 Å². The van der Waals surface area contributed by atoms with Crippen LogP contribution in [0.4, 0.5) is 8.78 Å². The minimum Gasteiger partial charge on any atom is -0.318 e. The van der Waals surface area contributed by atoms with Crippen LogP contribution in [0.1, 0.15) is 33.6 Å². The van der Waals surface area contributed by atoms with Crippen molar-refractivity contribution in [1.82, 2.24) is 9.88 Å². The molecule has 1 N–H and O–H groups in total. The number of rotatable bonds is 7. The van der Waals surface area contributed by atoms with Crippen LogP contribution in [0.15, 0.2) is 63.6 Å². The van der Waals surface area contributed by atoms with Crippen LogP contribution in [0.2, 0.25) is 0 Å². The molecule has 1 aliphatic rings. The monoisotopic (exact) mass is 512 g/mol. The average Bonchev–Trinajstić information content (AvgIpc) is 3.27. The van der Waals surface area contributed by atoms with E-state index in [-0.39, 0.29) is 11.2 Å². The molecule has 1 atom stereocenters. The Bertz CT molecular complexity index is 1300. The highest BCUT2D eigenvalue weighted by Gasteiger charge is 2.30. The molecule has 35 heavy (non-hydrogen) atoms.